The van der Waals surface area contributed by atoms with Gasteiger partial charge in [0.15, 0.2) is 0 Å². The van der Waals surface area contributed by atoms with E-state index in [1.54, 1.807) is 36.1 Å². The predicted octanol–water partition coefficient (Wildman–Crippen LogP) is 4.54. The van der Waals surface area contributed by atoms with E-state index >= 15 is 0 Å². The van der Waals surface area contributed by atoms with E-state index < -0.39 is 4.92 Å². The minimum atomic E-state index is -0.542. The van der Waals surface area contributed by atoms with Crippen molar-refractivity contribution in [3.05, 3.63) is 76.6 Å². The Hall–Kier alpha value is -4.21. The molecule has 1 saturated heterocycles. The molecule has 0 aliphatic carbocycles. The molecule has 1 aliphatic heterocycles. The van der Waals surface area contributed by atoms with E-state index in [0.717, 1.165) is 5.56 Å². The lowest BCUT2D eigenvalue weighted by Crippen LogP contribution is -2.37. The van der Waals surface area contributed by atoms with Crippen molar-refractivity contribution in [3.63, 3.8) is 0 Å². The van der Waals surface area contributed by atoms with Gasteiger partial charge in [-0.05, 0) is 49.6 Å². The molecule has 3 aromatic rings. The zero-order valence-electron chi connectivity index (χ0n) is 19.3. The van der Waals surface area contributed by atoms with Gasteiger partial charge in [0.05, 0.1) is 17.4 Å². The van der Waals surface area contributed by atoms with Crippen LogP contribution in [-0.4, -0.2) is 40.6 Å². The van der Waals surface area contributed by atoms with Crippen LogP contribution in [0.2, 0.25) is 0 Å². The Bertz CT molecular complexity index is 1150. The molecule has 35 heavy (non-hydrogen) atoms. The summed E-state index contributed by atoms with van der Waals surface area (Å²) in [6.45, 7) is 3.40. The number of anilines is 1. The molecule has 0 spiro atoms. The number of hydrogen-bond donors (Lipinski definition) is 0. The monoisotopic (exact) mass is 478 g/mol. The average Bonchev–Trinajstić information content (AvgIpc) is 2.89. The Kier molecular flexibility index (Phi) is 7.71. The summed E-state index contributed by atoms with van der Waals surface area (Å²) in [5, 5.41) is 11.9. The van der Waals surface area contributed by atoms with Gasteiger partial charge in [-0.3, -0.25) is 14.9 Å². The number of aromatic nitrogens is 2. The highest BCUT2D eigenvalue weighted by atomic mass is 16.6. The van der Waals surface area contributed by atoms with Gasteiger partial charge in [-0.2, -0.15) is 4.98 Å². The molecule has 1 fully saturated rings. The molecule has 0 atom stereocenters. The van der Waals surface area contributed by atoms with Crippen LogP contribution in [0.25, 0.3) is 0 Å². The number of piperidine rings is 1. The minimum absolute atomic E-state index is 0.148. The summed E-state index contributed by atoms with van der Waals surface area (Å²) in [7, 11) is 0. The highest BCUT2D eigenvalue weighted by Gasteiger charge is 2.33. The second-order valence-electron chi connectivity index (χ2n) is 7.97. The maximum absolute atomic E-state index is 12.0. The zero-order valence-corrected chi connectivity index (χ0v) is 19.3. The van der Waals surface area contributed by atoms with Crippen molar-refractivity contribution < 1.29 is 23.9 Å². The number of carbonyl (C=O) groups excluding carboxylic acids is 1. The molecule has 4 rings (SSSR count). The van der Waals surface area contributed by atoms with Crippen molar-refractivity contribution in [1.82, 2.24) is 9.97 Å². The second kappa shape index (κ2) is 11.3. The van der Waals surface area contributed by atoms with Crippen LogP contribution in [0.15, 0.2) is 60.9 Å². The molecule has 2 heterocycles. The maximum atomic E-state index is 12.0. The van der Waals surface area contributed by atoms with Gasteiger partial charge < -0.3 is 19.1 Å². The summed E-state index contributed by atoms with van der Waals surface area (Å²) < 4.78 is 16.6. The normalized spacial score (nSPS) is 13.8. The molecule has 0 N–H and O–H groups in total. The lowest BCUT2D eigenvalue weighted by molar-refractivity contribution is -0.385. The average molecular weight is 479 g/mol. The van der Waals surface area contributed by atoms with Gasteiger partial charge in [0.1, 0.15) is 24.4 Å². The summed E-state index contributed by atoms with van der Waals surface area (Å²) in [6.07, 6.45) is 2.30. The molecule has 0 amide bonds. The van der Waals surface area contributed by atoms with Crippen molar-refractivity contribution in [3.8, 4) is 17.4 Å². The highest BCUT2D eigenvalue weighted by molar-refractivity contribution is 5.73. The molecule has 10 heteroatoms. The van der Waals surface area contributed by atoms with Gasteiger partial charge in [0.25, 0.3) is 0 Å². The van der Waals surface area contributed by atoms with Gasteiger partial charge in [-0.15, -0.1) is 0 Å². The largest absolute Gasteiger partial charge is 0.489 e. The van der Waals surface area contributed by atoms with Crippen molar-refractivity contribution >= 4 is 17.5 Å². The first kappa shape index (κ1) is 23.9. The molecular formula is C25H26N4O6. The Morgan fingerprint density at radius 3 is 2.40 bits per heavy atom. The van der Waals surface area contributed by atoms with Crippen LogP contribution in [0.4, 0.5) is 11.5 Å². The Morgan fingerprint density at radius 2 is 1.74 bits per heavy atom. The summed E-state index contributed by atoms with van der Waals surface area (Å²) in [6, 6.07) is 16.6. The predicted molar refractivity (Wildman–Crippen MR) is 128 cm³/mol. The van der Waals surface area contributed by atoms with Crippen molar-refractivity contribution in [2.24, 2.45) is 5.92 Å². The molecule has 0 saturated carbocycles. The van der Waals surface area contributed by atoms with Crippen LogP contribution >= 0.6 is 0 Å². The van der Waals surface area contributed by atoms with Gasteiger partial charge in [0, 0.05) is 13.1 Å². The number of rotatable bonds is 9. The topological polar surface area (TPSA) is 117 Å². The van der Waals surface area contributed by atoms with Crippen molar-refractivity contribution in [2.45, 2.75) is 26.4 Å². The number of esters is 1. The number of nitro groups is 1. The second-order valence-corrected chi connectivity index (χ2v) is 7.97. The fourth-order valence-electron chi connectivity index (χ4n) is 3.86. The first-order valence-electron chi connectivity index (χ1n) is 11.4. The first-order valence-corrected chi connectivity index (χ1v) is 11.4. The molecule has 0 bridgehead atoms. The number of hydrogen-bond acceptors (Lipinski definition) is 9. The summed E-state index contributed by atoms with van der Waals surface area (Å²) in [4.78, 5) is 33.3. The molecule has 10 nitrogen and oxygen atoms in total. The van der Waals surface area contributed by atoms with E-state index in [9.17, 15) is 14.9 Å². The van der Waals surface area contributed by atoms with E-state index in [4.69, 9.17) is 14.2 Å². The first-order chi connectivity index (χ1) is 17.0. The van der Waals surface area contributed by atoms with Crippen molar-refractivity contribution in [2.75, 3.05) is 24.6 Å². The molecular weight excluding hydrogens is 452 g/mol. The van der Waals surface area contributed by atoms with E-state index in [-0.39, 0.29) is 29.3 Å². The van der Waals surface area contributed by atoms with E-state index in [1.807, 2.05) is 30.3 Å². The molecule has 0 radical (unpaired) electrons. The highest BCUT2D eigenvalue weighted by Crippen LogP contribution is 2.37. The minimum Gasteiger partial charge on any atom is -0.489 e. The van der Waals surface area contributed by atoms with Crippen LogP contribution in [0.1, 0.15) is 25.3 Å². The number of carbonyl (C=O) groups is 1. The Labute approximate surface area is 202 Å². The molecule has 1 aromatic heterocycles. The summed E-state index contributed by atoms with van der Waals surface area (Å²) >= 11 is 0. The fraction of sp³-hybridized carbons (Fsp3) is 0.320. The quantitative estimate of drug-likeness (QED) is 0.248. The number of ether oxygens (including phenoxy) is 3. The van der Waals surface area contributed by atoms with Gasteiger partial charge in [0.2, 0.25) is 5.82 Å². The van der Waals surface area contributed by atoms with E-state index in [1.165, 1.54) is 6.33 Å². The van der Waals surface area contributed by atoms with Crippen molar-refractivity contribution in [1.29, 1.82) is 0 Å². The molecule has 2 aromatic carbocycles. The maximum Gasteiger partial charge on any atom is 0.373 e. The van der Waals surface area contributed by atoms with Gasteiger partial charge in [-0.25, -0.2) is 4.98 Å². The lowest BCUT2D eigenvalue weighted by atomic mass is 9.97. The standard InChI is InChI=1S/C25H26N4O6/c1-2-33-25(30)19-12-14-28(15-13-19)23-22(29(31)32)24(27-17-26-23)35-21-10-8-20(9-11-21)34-16-18-6-4-3-5-7-18/h3-11,17,19H,2,12-16H2,1H3. The Balaban J connectivity index is 1.44. The lowest BCUT2D eigenvalue weighted by Gasteiger charge is -2.31. The number of nitrogens with zero attached hydrogens (tertiary/aromatic N) is 4. The molecule has 1 aliphatic rings. The number of benzene rings is 2. The van der Waals surface area contributed by atoms with E-state index in [0.29, 0.717) is 50.6 Å². The third-order valence-electron chi connectivity index (χ3n) is 5.65. The third kappa shape index (κ3) is 6.03. The van der Waals surface area contributed by atoms with Gasteiger partial charge >= 0.3 is 17.5 Å². The zero-order chi connectivity index (χ0) is 24.6. The fourth-order valence-corrected chi connectivity index (χ4v) is 3.86. The van der Waals surface area contributed by atoms with Crippen LogP contribution in [-0.2, 0) is 16.1 Å². The van der Waals surface area contributed by atoms with Crippen LogP contribution < -0.4 is 14.4 Å². The summed E-state index contributed by atoms with van der Waals surface area (Å²) in [5.74, 6) is 0.597. The van der Waals surface area contributed by atoms with Crippen LogP contribution in [0.3, 0.4) is 0 Å². The van der Waals surface area contributed by atoms with Crippen LogP contribution in [0.5, 0.6) is 17.4 Å². The van der Waals surface area contributed by atoms with E-state index in [2.05, 4.69) is 9.97 Å². The summed E-state index contributed by atoms with van der Waals surface area (Å²) in [5.41, 5.74) is 0.731. The third-order valence-corrected chi connectivity index (χ3v) is 5.65. The van der Waals surface area contributed by atoms with Gasteiger partial charge in [-0.1, -0.05) is 30.3 Å². The molecule has 0 unspecified atom stereocenters. The van der Waals surface area contributed by atoms with Crippen LogP contribution in [0, 0.1) is 16.0 Å². The molecule has 182 valence electrons. The Morgan fingerprint density at radius 1 is 1.06 bits per heavy atom. The SMILES string of the molecule is CCOC(=O)C1CCN(c2ncnc(Oc3ccc(OCc4ccccc4)cc3)c2[N+](=O)[O-])CC1. The smallest absolute Gasteiger partial charge is 0.373 e.